The molecule has 0 aromatic carbocycles. The molecule has 2 aliphatic heterocycles. The van der Waals surface area contributed by atoms with Gasteiger partial charge in [-0.3, -0.25) is 14.4 Å². The van der Waals surface area contributed by atoms with Gasteiger partial charge in [-0.05, 0) is 47.0 Å². The Balaban J connectivity index is 1.80. The van der Waals surface area contributed by atoms with E-state index in [-0.39, 0.29) is 0 Å². The van der Waals surface area contributed by atoms with Gasteiger partial charge in [-0.1, -0.05) is 6.42 Å². The maximum Gasteiger partial charge on any atom is 0.222 e. The Hall–Kier alpha value is -1.36. The van der Waals surface area contributed by atoms with Crippen LogP contribution in [0.2, 0.25) is 0 Å². The van der Waals surface area contributed by atoms with Crippen LogP contribution in [0.3, 0.4) is 0 Å². The molecule has 0 unspecified atom stereocenters. The van der Waals surface area contributed by atoms with Crippen LogP contribution in [0.15, 0.2) is 0 Å². The quantitative estimate of drug-likeness (QED) is 0.854. The number of fused-ring (bicyclic) bond motifs is 1. The first kappa shape index (κ1) is 17.5. The normalized spacial score (nSPS) is 25.9. The summed E-state index contributed by atoms with van der Waals surface area (Å²) in [5.41, 5.74) is 3.82. The van der Waals surface area contributed by atoms with Crippen LogP contribution in [-0.2, 0) is 11.3 Å². The molecular formula is C19H32N4O. The first-order valence-corrected chi connectivity index (χ1v) is 9.44. The summed E-state index contributed by atoms with van der Waals surface area (Å²) in [5.74, 6) is 0.325. The minimum atomic E-state index is 0.325. The molecular weight excluding hydrogens is 300 g/mol. The Morgan fingerprint density at radius 2 is 1.92 bits per heavy atom. The first-order chi connectivity index (χ1) is 11.4. The van der Waals surface area contributed by atoms with Gasteiger partial charge in [0.15, 0.2) is 0 Å². The highest BCUT2D eigenvalue weighted by molar-refractivity contribution is 5.76. The average Bonchev–Trinajstić information content (AvgIpc) is 3.05. The predicted octanol–water partition coefficient (Wildman–Crippen LogP) is 3.06. The highest BCUT2D eigenvalue weighted by atomic mass is 16.2. The lowest BCUT2D eigenvalue weighted by molar-refractivity contribution is -0.133. The lowest BCUT2D eigenvalue weighted by Gasteiger charge is -2.35. The number of carbonyl (C=O) groups is 1. The van der Waals surface area contributed by atoms with Crippen LogP contribution < -0.4 is 0 Å². The van der Waals surface area contributed by atoms with Gasteiger partial charge < -0.3 is 4.90 Å². The second-order valence-electron chi connectivity index (χ2n) is 7.83. The summed E-state index contributed by atoms with van der Waals surface area (Å²) < 4.78 is 2.14. The molecule has 24 heavy (non-hydrogen) atoms. The molecule has 5 nitrogen and oxygen atoms in total. The summed E-state index contributed by atoms with van der Waals surface area (Å²) in [6, 6.07) is 1.29. The number of nitrogens with zero attached hydrogens (tertiary/aromatic N) is 4. The third-order valence-electron chi connectivity index (χ3n) is 5.98. The average molecular weight is 332 g/mol. The van der Waals surface area contributed by atoms with Gasteiger partial charge in [0.05, 0.1) is 5.69 Å². The SMILES string of the molecule is Cc1nn(C(C)C)c(C)c1CN1CC[C@H]2[C@H]1CCCCC(=O)N2C. The van der Waals surface area contributed by atoms with Gasteiger partial charge in [-0.25, -0.2) is 0 Å². The molecule has 1 amide bonds. The minimum absolute atomic E-state index is 0.325. The van der Waals surface area contributed by atoms with E-state index in [1.165, 1.54) is 24.1 Å². The van der Waals surface area contributed by atoms with Gasteiger partial charge in [0.25, 0.3) is 0 Å². The van der Waals surface area contributed by atoms with Crippen LogP contribution >= 0.6 is 0 Å². The van der Waals surface area contributed by atoms with Crippen molar-refractivity contribution in [2.24, 2.45) is 0 Å². The second-order valence-corrected chi connectivity index (χ2v) is 7.83. The lowest BCUT2D eigenvalue weighted by atomic mass is 9.97. The third kappa shape index (κ3) is 3.10. The molecule has 0 N–H and O–H groups in total. The van der Waals surface area contributed by atoms with E-state index in [0.717, 1.165) is 38.0 Å². The minimum Gasteiger partial charge on any atom is -0.341 e. The van der Waals surface area contributed by atoms with Crippen molar-refractivity contribution >= 4 is 5.91 Å². The van der Waals surface area contributed by atoms with Crippen molar-refractivity contribution < 1.29 is 4.79 Å². The predicted molar refractivity (Wildman–Crippen MR) is 95.9 cm³/mol. The highest BCUT2D eigenvalue weighted by Gasteiger charge is 2.39. The molecule has 134 valence electrons. The zero-order chi connectivity index (χ0) is 17.4. The van der Waals surface area contributed by atoms with Crippen molar-refractivity contribution in [2.45, 2.75) is 84.5 Å². The number of aryl methyl sites for hydroxylation is 1. The summed E-state index contributed by atoms with van der Waals surface area (Å²) in [6.45, 7) is 10.7. The zero-order valence-corrected chi connectivity index (χ0v) is 15.9. The van der Waals surface area contributed by atoms with Crippen molar-refractivity contribution in [3.63, 3.8) is 0 Å². The summed E-state index contributed by atoms with van der Waals surface area (Å²) in [5, 5.41) is 4.74. The maximum atomic E-state index is 12.3. The van der Waals surface area contributed by atoms with Gasteiger partial charge in [0.2, 0.25) is 5.91 Å². The zero-order valence-electron chi connectivity index (χ0n) is 15.9. The standard InChI is InChI=1S/C19H32N4O/c1-13(2)23-15(4)16(14(3)20-23)12-22-11-10-17-18(22)8-6-7-9-19(24)21(17)5/h13,17-18H,6-12H2,1-5H3/t17-,18+/m0/s1. The van der Waals surface area contributed by atoms with E-state index in [1.807, 2.05) is 11.9 Å². The maximum absolute atomic E-state index is 12.3. The van der Waals surface area contributed by atoms with Gasteiger partial charge in [-0.2, -0.15) is 5.10 Å². The number of hydrogen-bond donors (Lipinski definition) is 0. The number of aromatic nitrogens is 2. The lowest BCUT2D eigenvalue weighted by Crippen LogP contribution is -2.46. The Morgan fingerprint density at radius 1 is 1.17 bits per heavy atom. The van der Waals surface area contributed by atoms with E-state index in [2.05, 4.69) is 37.3 Å². The number of amides is 1. The van der Waals surface area contributed by atoms with Crippen molar-refractivity contribution in [3.05, 3.63) is 17.0 Å². The summed E-state index contributed by atoms with van der Waals surface area (Å²) in [7, 11) is 2.00. The second kappa shape index (κ2) is 6.87. The summed E-state index contributed by atoms with van der Waals surface area (Å²) in [4.78, 5) is 16.9. The Labute approximate surface area is 146 Å². The molecule has 2 atom stereocenters. The Morgan fingerprint density at radius 3 is 2.58 bits per heavy atom. The van der Waals surface area contributed by atoms with Crippen molar-refractivity contribution in [2.75, 3.05) is 13.6 Å². The molecule has 3 heterocycles. The van der Waals surface area contributed by atoms with Gasteiger partial charge in [-0.15, -0.1) is 0 Å². The van der Waals surface area contributed by atoms with Crippen molar-refractivity contribution in [1.29, 1.82) is 0 Å². The monoisotopic (exact) mass is 332 g/mol. The van der Waals surface area contributed by atoms with Crippen LogP contribution in [0.25, 0.3) is 0 Å². The Bertz CT molecular complexity index is 607. The van der Waals surface area contributed by atoms with Crippen LogP contribution in [0, 0.1) is 13.8 Å². The van der Waals surface area contributed by atoms with Crippen molar-refractivity contribution in [1.82, 2.24) is 19.6 Å². The fourth-order valence-corrected chi connectivity index (χ4v) is 4.55. The van der Waals surface area contributed by atoms with Gasteiger partial charge >= 0.3 is 0 Å². The van der Waals surface area contributed by atoms with Gasteiger partial charge in [0.1, 0.15) is 0 Å². The molecule has 1 aromatic rings. The fourth-order valence-electron chi connectivity index (χ4n) is 4.55. The number of carbonyl (C=O) groups excluding carboxylic acids is 1. The van der Waals surface area contributed by atoms with Crippen LogP contribution in [0.4, 0.5) is 0 Å². The first-order valence-electron chi connectivity index (χ1n) is 9.44. The van der Waals surface area contributed by atoms with E-state index < -0.39 is 0 Å². The largest absolute Gasteiger partial charge is 0.341 e. The highest BCUT2D eigenvalue weighted by Crippen LogP contribution is 2.31. The number of rotatable bonds is 3. The molecule has 0 spiro atoms. The molecule has 0 aliphatic carbocycles. The molecule has 0 saturated carbocycles. The van der Waals surface area contributed by atoms with Crippen LogP contribution in [0.5, 0.6) is 0 Å². The van der Waals surface area contributed by atoms with Crippen molar-refractivity contribution in [3.8, 4) is 0 Å². The van der Waals surface area contributed by atoms with E-state index in [0.29, 0.717) is 24.0 Å². The molecule has 5 heteroatoms. The van der Waals surface area contributed by atoms with E-state index in [1.54, 1.807) is 0 Å². The van der Waals surface area contributed by atoms with E-state index in [9.17, 15) is 4.79 Å². The molecule has 2 saturated heterocycles. The number of likely N-dealkylation sites (tertiary alicyclic amines) is 2. The molecule has 3 rings (SSSR count). The third-order valence-corrected chi connectivity index (χ3v) is 5.98. The number of likely N-dealkylation sites (N-methyl/N-ethyl adjacent to an activating group) is 1. The van der Waals surface area contributed by atoms with E-state index in [4.69, 9.17) is 5.10 Å². The number of hydrogen-bond acceptors (Lipinski definition) is 3. The molecule has 0 radical (unpaired) electrons. The van der Waals surface area contributed by atoms with Crippen LogP contribution in [0.1, 0.15) is 68.9 Å². The molecule has 0 bridgehead atoms. The molecule has 2 aliphatic rings. The van der Waals surface area contributed by atoms with E-state index >= 15 is 0 Å². The fraction of sp³-hybridized carbons (Fsp3) is 0.789. The Kier molecular flexibility index (Phi) is 5.00. The smallest absolute Gasteiger partial charge is 0.222 e. The molecule has 1 aromatic heterocycles. The summed E-state index contributed by atoms with van der Waals surface area (Å²) >= 11 is 0. The van der Waals surface area contributed by atoms with Crippen LogP contribution in [-0.4, -0.2) is 51.2 Å². The summed E-state index contributed by atoms with van der Waals surface area (Å²) in [6.07, 6.45) is 5.23. The van der Waals surface area contributed by atoms with Gasteiger partial charge in [0, 0.05) is 55.9 Å². The molecule has 2 fully saturated rings. The topological polar surface area (TPSA) is 41.4 Å².